The summed E-state index contributed by atoms with van der Waals surface area (Å²) in [6.07, 6.45) is 6.27. The lowest BCUT2D eigenvalue weighted by atomic mass is 9.91. The quantitative estimate of drug-likeness (QED) is 0.843. The van der Waals surface area contributed by atoms with Crippen LogP contribution in [0.3, 0.4) is 0 Å². The molecule has 18 heavy (non-hydrogen) atoms. The molecule has 96 valence electrons. The number of hydrogen-bond donors (Lipinski definition) is 1. The van der Waals surface area contributed by atoms with Crippen LogP contribution in [0.1, 0.15) is 49.4 Å². The molecule has 0 amide bonds. The topological polar surface area (TPSA) is 41.6 Å². The third-order valence-electron chi connectivity index (χ3n) is 3.40. The molecule has 0 aliphatic rings. The molecule has 0 aliphatic heterocycles. The van der Waals surface area contributed by atoms with Crippen LogP contribution in [0.15, 0.2) is 30.5 Å². The summed E-state index contributed by atoms with van der Waals surface area (Å²) in [7, 11) is 0. The molecule has 1 heterocycles. The Hall–Kier alpha value is -1.64. The van der Waals surface area contributed by atoms with Gasteiger partial charge >= 0.3 is 0 Å². The lowest BCUT2D eigenvalue weighted by molar-refractivity contribution is 0.647. The largest absolute Gasteiger partial charge is 0.198 e. The van der Waals surface area contributed by atoms with Crippen LogP contribution in [0.2, 0.25) is 0 Å². The molecular weight excluding hydrogens is 222 g/mol. The first-order valence-electron chi connectivity index (χ1n) is 6.77. The van der Waals surface area contributed by atoms with E-state index in [9.17, 15) is 0 Å². The molecule has 1 atom stereocenters. The molecule has 1 unspecified atom stereocenters. The molecule has 0 saturated carbocycles. The van der Waals surface area contributed by atoms with Crippen molar-refractivity contribution < 1.29 is 0 Å². The first-order chi connectivity index (χ1) is 8.83. The standard InChI is InChI=1S/C15H21N3/c1-3-5-12-6-8-14(9-7-12)13(4-2)10-15-11-16-18-17-15/h6-9,11,13H,3-5,10H2,1-2H3,(H,16,17,18). The van der Waals surface area contributed by atoms with E-state index in [0.717, 1.165) is 18.5 Å². The lowest BCUT2D eigenvalue weighted by Crippen LogP contribution is -2.02. The minimum absolute atomic E-state index is 0.533. The van der Waals surface area contributed by atoms with Crippen molar-refractivity contribution in [1.82, 2.24) is 15.4 Å². The Labute approximate surface area is 109 Å². The highest BCUT2D eigenvalue weighted by molar-refractivity contribution is 5.26. The normalized spacial score (nSPS) is 12.6. The average Bonchev–Trinajstić information content (AvgIpc) is 2.90. The monoisotopic (exact) mass is 243 g/mol. The minimum atomic E-state index is 0.533. The van der Waals surface area contributed by atoms with Crippen molar-refractivity contribution in [3.8, 4) is 0 Å². The highest BCUT2D eigenvalue weighted by atomic mass is 15.3. The van der Waals surface area contributed by atoms with Crippen LogP contribution in [-0.4, -0.2) is 15.4 Å². The van der Waals surface area contributed by atoms with E-state index in [4.69, 9.17) is 0 Å². The molecule has 0 aliphatic carbocycles. The van der Waals surface area contributed by atoms with Crippen LogP contribution in [0.4, 0.5) is 0 Å². The SMILES string of the molecule is CCCc1ccc(C(CC)Cc2cn[nH]n2)cc1. The van der Waals surface area contributed by atoms with E-state index in [1.165, 1.54) is 24.0 Å². The van der Waals surface area contributed by atoms with Crippen LogP contribution >= 0.6 is 0 Å². The molecule has 0 radical (unpaired) electrons. The van der Waals surface area contributed by atoms with Crippen LogP contribution in [0.25, 0.3) is 0 Å². The molecule has 3 nitrogen and oxygen atoms in total. The molecule has 2 rings (SSSR count). The third kappa shape index (κ3) is 3.19. The lowest BCUT2D eigenvalue weighted by Gasteiger charge is -2.14. The van der Waals surface area contributed by atoms with Crippen molar-refractivity contribution in [1.29, 1.82) is 0 Å². The maximum absolute atomic E-state index is 4.14. The van der Waals surface area contributed by atoms with Gasteiger partial charge in [-0.2, -0.15) is 15.4 Å². The maximum atomic E-state index is 4.14. The zero-order valence-corrected chi connectivity index (χ0v) is 11.2. The Morgan fingerprint density at radius 2 is 1.94 bits per heavy atom. The molecule has 2 aromatic rings. The number of nitrogens with zero attached hydrogens (tertiary/aromatic N) is 2. The third-order valence-corrected chi connectivity index (χ3v) is 3.40. The molecule has 0 fully saturated rings. The maximum Gasteiger partial charge on any atom is 0.0830 e. The van der Waals surface area contributed by atoms with Crippen molar-refractivity contribution >= 4 is 0 Å². The van der Waals surface area contributed by atoms with Gasteiger partial charge in [-0.3, -0.25) is 0 Å². The number of benzene rings is 1. The molecule has 3 heteroatoms. The van der Waals surface area contributed by atoms with Gasteiger partial charge in [-0.15, -0.1) is 0 Å². The summed E-state index contributed by atoms with van der Waals surface area (Å²) in [5.41, 5.74) is 3.87. The number of aromatic nitrogens is 3. The van der Waals surface area contributed by atoms with Crippen molar-refractivity contribution in [2.45, 2.75) is 45.4 Å². The Morgan fingerprint density at radius 3 is 2.50 bits per heavy atom. The van der Waals surface area contributed by atoms with E-state index >= 15 is 0 Å². The zero-order chi connectivity index (χ0) is 12.8. The predicted molar refractivity (Wildman–Crippen MR) is 73.6 cm³/mol. The van der Waals surface area contributed by atoms with Gasteiger partial charge in [0.2, 0.25) is 0 Å². The molecule has 1 aromatic carbocycles. The Morgan fingerprint density at radius 1 is 1.17 bits per heavy atom. The van der Waals surface area contributed by atoms with Gasteiger partial charge in [-0.25, -0.2) is 0 Å². The van der Waals surface area contributed by atoms with Crippen molar-refractivity contribution in [2.24, 2.45) is 0 Å². The van der Waals surface area contributed by atoms with E-state index in [2.05, 4.69) is 53.5 Å². The van der Waals surface area contributed by atoms with Gasteiger partial charge in [0, 0.05) is 0 Å². The van der Waals surface area contributed by atoms with Gasteiger partial charge in [-0.1, -0.05) is 44.5 Å². The molecule has 0 bridgehead atoms. The molecule has 1 N–H and O–H groups in total. The number of aromatic amines is 1. The number of aryl methyl sites for hydroxylation is 1. The zero-order valence-electron chi connectivity index (χ0n) is 11.2. The van der Waals surface area contributed by atoms with Gasteiger partial charge in [-0.05, 0) is 36.3 Å². The number of rotatable bonds is 6. The summed E-state index contributed by atoms with van der Waals surface area (Å²) < 4.78 is 0. The highest BCUT2D eigenvalue weighted by Gasteiger charge is 2.11. The molecule has 1 aromatic heterocycles. The molecular formula is C15H21N3. The van der Waals surface area contributed by atoms with Crippen molar-refractivity contribution in [3.05, 3.63) is 47.3 Å². The summed E-state index contributed by atoms with van der Waals surface area (Å²) in [5, 5.41) is 10.7. The second-order valence-electron chi connectivity index (χ2n) is 4.76. The number of nitrogens with one attached hydrogen (secondary N) is 1. The van der Waals surface area contributed by atoms with E-state index in [1.807, 2.05) is 6.20 Å². The van der Waals surface area contributed by atoms with Crippen LogP contribution < -0.4 is 0 Å². The van der Waals surface area contributed by atoms with Gasteiger partial charge < -0.3 is 0 Å². The van der Waals surface area contributed by atoms with E-state index in [-0.39, 0.29) is 0 Å². The fourth-order valence-electron chi connectivity index (χ4n) is 2.32. The van der Waals surface area contributed by atoms with E-state index in [0.29, 0.717) is 5.92 Å². The Balaban J connectivity index is 2.07. The Bertz CT molecular complexity index is 445. The smallest absolute Gasteiger partial charge is 0.0830 e. The summed E-state index contributed by atoms with van der Waals surface area (Å²) in [5.74, 6) is 0.533. The predicted octanol–water partition coefficient (Wildman–Crippen LogP) is 3.49. The van der Waals surface area contributed by atoms with Gasteiger partial charge in [0.15, 0.2) is 0 Å². The summed E-state index contributed by atoms with van der Waals surface area (Å²) in [6, 6.07) is 9.03. The van der Waals surface area contributed by atoms with E-state index in [1.54, 1.807) is 0 Å². The van der Waals surface area contributed by atoms with Crippen molar-refractivity contribution in [3.63, 3.8) is 0 Å². The van der Waals surface area contributed by atoms with Crippen LogP contribution in [-0.2, 0) is 12.8 Å². The summed E-state index contributed by atoms with van der Waals surface area (Å²) >= 11 is 0. The first-order valence-corrected chi connectivity index (χ1v) is 6.77. The van der Waals surface area contributed by atoms with Gasteiger partial charge in [0.05, 0.1) is 11.9 Å². The first kappa shape index (κ1) is 12.8. The number of H-pyrrole nitrogens is 1. The van der Waals surface area contributed by atoms with Gasteiger partial charge in [0.1, 0.15) is 0 Å². The molecule has 0 saturated heterocycles. The number of hydrogen-bond acceptors (Lipinski definition) is 2. The minimum Gasteiger partial charge on any atom is -0.198 e. The van der Waals surface area contributed by atoms with Crippen molar-refractivity contribution in [2.75, 3.05) is 0 Å². The Kier molecular flexibility index (Phi) is 4.51. The second-order valence-corrected chi connectivity index (χ2v) is 4.76. The fraction of sp³-hybridized carbons (Fsp3) is 0.467. The van der Waals surface area contributed by atoms with Crippen LogP contribution in [0, 0.1) is 0 Å². The van der Waals surface area contributed by atoms with Gasteiger partial charge in [0.25, 0.3) is 0 Å². The summed E-state index contributed by atoms with van der Waals surface area (Å²) in [4.78, 5) is 0. The highest BCUT2D eigenvalue weighted by Crippen LogP contribution is 2.23. The van der Waals surface area contributed by atoms with E-state index < -0.39 is 0 Å². The van der Waals surface area contributed by atoms with Crippen LogP contribution in [0.5, 0.6) is 0 Å². The fourth-order valence-corrected chi connectivity index (χ4v) is 2.32. The second kappa shape index (κ2) is 6.34. The summed E-state index contributed by atoms with van der Waals surface area (Å²) in [6.45, 7) is 4.44. The molecule has 0 spiro atoms. The average molecular weight is 243 g/mol.